The zero-order valence-corrected chi connectivity index (χ0v) is 10.2. The summed E-state index contributed by atoms with van der Waals surface area (Å²) in [6.45, 7) is 0.330. The molecular formula is C11H13N5O3. The van der Waals surface area contributed by atoms with E-state index in [0.717, 1.165) is 5.56 Å². The van der Waals surface area contributed by atoms with Crippen LogP contribution in [0.5, 0.6) is 5.75 Å². The van der Waals surface area contributed by atoms with Crippen molar-refractivity contribution in [2.24, 2.45) is 0 Å². The van der Waals surface area contributed by atoms with Gasteiger partial charge >= 0.3 is 5.69 Å². The molecule has 1 aromatic heterocycles. The maximum Gasteiger partial charge on any atom is 0.333 e. The maximum absolute atomic E-state index is 11.1. The lowest BCUT2D eigenvalue weighted by molar-refractivity contribution is -0.384. The van der Waals surface area contributed by atoms with Crippen molar-refractivity contribution in [1.29, 1.82) is 0 Å². The SMILES string of the molecule is COc1cccc(NCc2cn[nH]c2N)c1[N+](=O)[O-]. The van der Waals surface area contributed by atoms with Gasteiger partial charge in [0, 0.05) is 12.1 Å². The Kier molecular flexibility index (Phi) is 3.51. The van der Waals surface area contributed by atoms with E-state index >= 15 is 0 Å². The lowest BCUT2D eigenvalue weighted by Gasteiger charge is -2.08. The molecule has 19 heavy (non-hydrogen) atoms. The molecule has 8 heteroatoms. The zero-order chi connectivity index (χ0) is 13.8. The standard InChI is InChI=1S/C11H13N5O3/c1-19-9-4-2-3-8(10(9)16(17)18)13-5-7-6-14-15-11(7)12/h2-4,6,13H,5H2,1H3,(H3,12,14,15). The van der Waals surface area contributed by atoms with Crippen LogP contribution in [0.25, 0.3) is 0 Å². The summed E-state index contributed by atoms with van der Waals surface area (Å²) in [5.41, 5.74) is 6.64. The van der Waals surface area contributed by atoms with E-state index in [2.05, 4.69) is 15.5 Å². The van der Waals surface area contributed by atoms with Crippen molar-refractivity contribution in [2.75, 3.05) is 18.2 Å². The van der Waals surface area contributed by atoms with Gasteiger partial charge in [-0.15, -0.1) is 0 Å². The van der Waals surface area contributed by atoms with Crippen LogP contribution >= 0.6 is 0 Å². The smallest absolute Gasteiger partial charge is 0.333 e. The van der Waals surface area contributed by atoms with Gasteiger partial charge < -0.3 is 15.8 Å². The number of methoxy groups -OCH3 is 1. The van der Waals surface area contributed by atoms with E-state index < -0.39 is 4.92 Å². The number of aromatic nitrogens is 2. The van der Waals surface area contributed by atoms with E-state index in [-0.39, 0.29) is 11.4 Å². The van der Waals surface area contributed by atoms with E-state index in [4.69, 9.17) is 10.5 Å². The molecule has 0 atom stereocenters. The molecule has 0 saturated carbocycles. The van der Waals surface area contributed by atoms with Gasteiger partial charge in [0.25, 0.3) is 0 Å². The molecule has 4 N–H and O–H groups in total. The van der Waals surface area contributed by atoms with Crippen molar-refractivity contribution < 1.29 is 9.66 Å². The highest BCUT2D eigenvalue weighted by molar-refractivity contribution is 5.68. The fourth-order valence-electron chi connectivity index (χ4n) is 1.67. The van der Waals surface area contributed by atoms with Crippen LogP contribution in [0.4, 0.5) is 17.2 Å². The summed E-state index contributed by atoms with van der Waals surface area (Å²) in [5, 5.41) is 20.4. The van der Waals surface area contributed by atoms with Gasteiger partial charge in [-0.1, -0.05) is 6.07 Å². The summed E-state index contributed by atoms with van der Waals surface area (Å²) in [7, 11) is 1.39. The number of nitro benzene ring substituents is 1. The summed E-state index contributed by atoms with van der Waals surface area (Å²) in [4.78, 5) is 10.6. The van der Waals surface area contributed by atoms with E-state index in [9.17, 15) is 10.1 Å². The van der Waals surface area contributed by atoms with Crippen molar-refractivity contribution in [3.05, 3.63) is 40.1 Å². The number of hydrogen-bond donors (Lipinski definition) is 3. The number of anilines is 2. The quantitative estimate of drug-likeness (QED) is 0.555. The minimum absolute atomic E-state index is 0.105. The Morgan fingerprint density at radius 2 is 2.37 bits per heavy atom. The molecule has 0 fully saturated rings. The first-order chi connectivity index (χ1) is 9.13. The normalized spacial score (nSPS) is 10.2. The molecule has 0 aliphatic rings. The van der Waals surface area contributed by atoms with Crippen LogP contribution in [0.2, 0.25) is 0 Å². The number of para-hydroxylation sites is 1. The Labute approximate surface area is 108 Å². The molecule has 1 heterocycles. The van der Waals surface area contributed by atoms with Gasteiger partial charge in [0.15, 0.2) is 5.75 Å². The number of ether oxygens (including phenoxy) is 1. The molecule has 0 saturated heterocycles. The molecule has 100 valence electrons. The number of nitrogen functional groups attached to an aromatic ring is 1. The van der Waals surface area contributed by atoms with Crippen molar-refractivity contribution in [3.8, 4) is 5.75 Å². The number of aromatic amines is 1. The van der Waals surface area contributed by atoms with E-state index in [1.807, 2.05) is 0 Å². The van der Waals surface area contributed by atoms with Gasteiger partial charge in [0.05, 0.1) is 18.2 Å². The summed E-state index contributed by atoms with van der Waals surface area (Å²) in [6, 6.07) is 4.82. The number of rotatable bonds is 5. The van der Waals surface area contributed by atoms with Crippen LogP contribution in [0, 0.1) is 10.1 Å². The number of nitro groups is 1. The molecule has 1 aromatic carbocycles. The van der Waals surface area contributed by atoms with E-state index in [1.165, 1.54) is 13.2 Å². The van der Waals surface area contributed by atoms with Gasteiger partial charge in [-0.3, -0.25) is 15.2 Å². The molecular weight excluding hydrogens is 250 g/mol. The largest absolute Gasteiger partial charge is 0.490 e. The average Bonchev–Trinajstić information content (AvgIpc) is 2.81. The second kappa shape index (κ2) is 5.25. The highest BCUT2D eigenvalue weighted by Crippen LogP contribution is 2.34. The van der Waals surface area contributed by atoms with Gasteiger partial charge in [-0.2, -0.15) is 5.10 Å². The number of benzene rings is 1. The van der Waals surface area contributed by atoms with Crippen molar-refractivity contribution in [2.45, 2.75) is 6.54 Å². The fourth-order valence-corrected chi connectivity index (χ4v) is 1.67. The second-order valence-electron chi connectivity index (χ2n) is 3.78. The summed E-state index contributed by atoms with van der Waals surface area (Å²) in [5.74, 6) is 0.633. The van der Waals surface area contributed by atoms with Crippen molar-refractivity contribution in [3.63, 3.8) is 0 Å². The summed E-state index contributed by atoms with van der Waals surface area (Å²) < 4.78 is 4.98. The number of hydrogen-bond acceptors (Lipinski definition) is 6. The molecule has 0 amide bonds. The molecule has 0 unspecified atom stereocenters. The number of H-pyrrole nitrogens is 1. The van der Waals surface area contributed by atoms with Crippen LogP contribution in [0.1, 0.15) is 5.56 Å². The molecule has 0 radical (unpaired) electrons. The van der Waals surface area contributed by atoms with Gasteiger partial charge in [-0.25, -0.2) is 0 Å². The first-order valence-electron chi connectivity index (χ1n) is 5.46. The lowest BCUT2D eigenvalue weighted by atomic mass is 10.2. The van der Waals surface area contributed by atoms with Gasteiger partial charge in [0.2, 0.25) is 0 Å². The number of nitrogens with zero attached hydrogens (tertiary/aromatic N) is 2. The maximum atomic E-state index is 11.1. The first-order valence-corrected chi connectivity index (χ1v) is 5.46. The minimum atomic E-state index is -0.486. The Morgan fingerprint density at radius 3 is 2.95 bits per heavy atom. The molecule has 0 aliphatic heterocycles. The lowest BCUT2D eigenvalue weighted by Crippen LogP contribution is -2.05. The number of nitrogens with two attached hydrogens (primary N) is 1. The Bertz CT molecular complexity index is 596. The summed E-state index contributed by atoms with van der Waals surface area (Å²) in [6.07, 6.45) is 1.56. The Balaban J connectivity index is 2.25. The zero-order valence-electron chi connectivity index (χ0n) is 10.2. The highest BCUT2D eigenvalue weighted by Gasteiger charge is 2.20. The first kappa shape index (κ1) is 12.7. The van der Waals surface area contributed by atoms with Crippen LogP contribution in [0.3, 0.4) is 0 Å². The van der Waals surface area contributed by atoms with Crippen molar-refractivity contribution >= 4 is 17.2 Å². The molecule has 0 bridgehead atoms. The van der Waals surface area contributed by atoms with Gasteiger partial charge in [-0.05, 0) is 12.1 Å². The topological polar surface area (TPSA) is 119 Å². The second-order valence-corrected chi connectivity index (χ2v) is 3.78. The predicted octanol–water partition coefficient (Wildman–Crippen LogP) is 1.52. The third-order valence-corrected chi connectivity index (χ3v) is 2.62. The third-order valence-electron chi connectivity index (χ3n) is 2.62. The Hall–Kier alpha value is -2.77. The van der Waals surface area contributed by atoms with Crippen LogP contribution < -0.4 is 15.8 Å². The molecule has 8 nitrogen and oxygen atoms in total. The monoisotopic (exact) mass is 263 g/mol. The molecule has 2 rings (SSSR count). The van der Waals surface area contributed by atoms with Crippen LogP contribution in [0.15, 0.2) is 24.4 Å². The van der Waals surface area contributed by atoms with Gasteiger partial charge in [0.1, 0.15) is 11.5 Å². The third kappa shape index (κ3) is 2.57. The highest BCUT2D eigenvalue weighted by atomic mass is 16.6. The van der Waals surface area contributed by atoms with Crippen LogP contribution in [-0.2, 0) is 6.54 Å². The molecule has 0 spiro atoms. The average molecular weight is 263 g/mol. The van der Waals surface area contributed by atoms with Crippen molar-refractivity contribution in [1.82, 2.24) is 10.2 Å². The van der Waals surface area contributed by atoms with Crippen LogP contribution in [-0.4, -0.2) is 22.2 Å². The fraction of sp³-hybridized carbons (Fsp3) is 0.182. The molecule has 2 aromatic rings. The minimum Gasteiger partial charge on any atom is -0.490 e. The predicted molar refractivity (Wildman–Crippen MR) is 70.0 cm³/mol. The molecule has 0 aliphatic carbocycles. The number of nitrogens with one attached hydrogen (secondary N) is 2. The Morgan fingerprint density at radius 1 is 1.58 bits per heavy atom. The van der Waals surface area contributed by atoms with E-state index in [0.29, 0.717) is 18.1 Å². The van der Waals surface area contributed by atoms with E-state index in [1.54, 1.807) is 18.3 Å². The summed E-state index contributed by atoms with van der Waals surface area (Å²) >= 11 is 0.